The van der Waals surface area contributed by atoms with Crippen molar-refractivity contribution < 1.29 is 53.2 Å². The van der Waals surface area contributed by atoms with Crippen LogP contribution in [0.2, 0.25) is 0 Å². The zero-order chi connectivity index (χ0) is 24.9. The molecule has 1 N–H and O–H groups in total. The molecule has 0 radical (unpaired) electrons. The van der Waals surface area contributed by atoms with Crippen LogP contribution in [0.1, 0.15) is 64.7 Å². The van der Waals surface area contributed by atoms with Gasteiger partial charge in [-0.3, -0.25) is 9.29 Å². The average Bonchev–Trinajstić information content (AvgIpc) is 2.64. The second kappa shape index (κ2) is 8.77. The van der Waals surface area contributed by atoms with Crippen LogP contribution in [-0.4, -0.2) is 49.3 Å². The summed E-state index contributed by atoms with van der Waals surface area (Å²) in [4.78, 5) is 0. The van der Waals surface area contributed by atoms with Crippen LogP contribution in [0, 0.1) is 23.2 Å². The van der Waals surface area contributed by atoms with Crippen molar-refractivity contribution in [2.45, 2.75) is 87.9 Å². The smallest absolute Gasteiger partial charge is 0.381 e. The topological polar surface area (TPSA) is 72.8 Å². The zero-order valence-corrected chi connectivity index (χ0v) is 19.0. The molecule has 13 heteroatoms. The summed E-state index contributed by atoms with van der Waals surface area (Å²) < 4.78 is 135. The fourth-order valence-corrected chi connectivity index (χ4v) is 6.50. The van der Waals surface area contributed by atoms with Gasteiger partial charge in [0.05, 0.1) is 6.61 Å². The van der Waals surface area contributed by atoms with Crippen molar-refractivity contribution in [3.8, 4) is 0 Å². The van der Waals surface area contributed by atoms with E-state index in [0.717, 1.165) is 19.3 Å². The summed E-state index contributed by atoms with van der Waals surface area (Å²) in [7, 11) is -6.77. The van der Waals surface area contributed by atoms with Crippen molar-refractivity contribution in [1.29, 1.82) is 0 Å². The van der Waals surface area contributed by atoms with Crippen LogP contribution in [0.4, 0.5) is 30.7 Å². The summed E-state index contributed by atoms with van der Waals surface area (Å²) in [6.07, 6.45) is -2.86. The van der Waals surface area contributed by atoms with E-state index in [0.29, 0.717) is 31.3 Å². The largest absolute Gasteiger partial charge is 0.460 e. The highest BCUT2D eigenvalue weighted by molar-refractivity contribution is 7.86. The molecule has 0 aliphatic heterocycles. The Labute approximate surface area is 188 Å². The molecule has 194 valence electrons. The van der Waals surface area contributed by atoms with Crippen LogP contribution in [0.15, 0.2) is 0 Å². The predicted octanol–water partition coefficient (Wildman–Crippen LogP) is 5.80. The normalized spacial score (nSPS) is 32.2. The van der Waals surface area contributed by atoms with Crippen LogP contribution in [-0.2, 0) is 19.6 Å². The lowest BCUT2D eigenvalue weighted by Crippen LogP contribution is -2.57. The summed E-state index contributed by atoms with van der Waals surface area (Å²) >= 11 is 0. The molecule has 0 aromatic heterocycles. The molecular formula is C20H29F7O5S. The van der Waals surface area contributed by atoms with Gasteiger partial charge < -0.3 is 4.74 Å². The zero-order valence-electron chi connectivity index (χ0n) is 18.1. The molecule has 0 aromatic rings. The fraction of sp³-hybridized carbons (Fsp3) is 1.00. The molecule has 0 spiro atoms. The first-order valence-corrected chi connectivity index (χ1v) is 12.5. The van der Waals surface area contributed by atoms with Crippen molar-refractivity contribution in [2.24, 2.45) is 23.2 Å². The first-order valence-electron chi connectivity index (χ1n) is 11.0. The fourth-order valence-electron chi connectivity index (χ4n) is 6.16. The monoisotopic (exact) mass is 514 g/mol. The maximum absolute atomic E-state index is 14.6. The van der Waals surface area contributed by atoms with E-state index in [1.807, 2.05) is 0 Å². The molecule has 1 atom stereocenters. The maximum atomic E-state index is 14.6. The van der Waals surface area contributed by atoms with E-state index in [4.69, 9.17) is 9.29 Å². The van der Waals surface area contributed by atoms with Gasteiger partial charge in [-0.1, -0.05) is 6.92 Å². The number of halogens is 7. The number of hydrogen-bond donors (Lipinski definition) is 1. The van der Waals surface area contributed by atoms with Crippen LogP contribution in [0.25, 0.3) is 0 Å². The Morgan fingerprint density at radius 3 is 1.85 bits per heavy atom. The third-order valence-corrected chi connectivity index (χ3v) is 8.19. The van der Waals surface area contributed by atoms with E-state index in [1.54, 1.807) is 0 Å². The molecule has 0 saturated heterocycles. The van der Waals surface area contributed by atoms with E-state index in [2.05, 4.69) is 4.74 Å². The molecule has 0 aromatic carbocycles. The van der Waals surface area contributed by atoms with Crippen LogP contribution in [0.5, 0.6) is 0 Å². The van der Waals surface area contributed by atoms with Gasteiger partial charge in [-0.2, -0.15) is 26.0 Å². The highest BCUT2D eigenvalue weighted by Gasteiger charge is 2.72. The van der Waals surface area contributed by atoms with Gasteiger partial charge in [-0.05, 0) is 68.1 Å². The first-order chi connectivity index (χ1) is 15.0. The Bertz CT molecular complexity index is 784. The highest BCUT2D eigenvalue weighted by Crippen LogP contribution is 2.60. The maximum Gasteiger partial charge on any atom is 0.460 e. The van der Waals surface area contributed by atoms with Gasteiger partial charge in [0.1, 0.15) is 0 Å². The van der Waals surface area contributed by atoms with Crippen molar-refractivity contribution in [3.63, 3.8) is 0 Å². The lowest BCUT2D eigenvalue weighted by molar-refractivity contribution is -0.419. The average molecular weight is 515 g/mol. The highest BCUT2D eigenvalue weighted by atomic mass is 32.2. The minimum absolute atomic E-state index is 0.0110. The molecule has 4 saturated carbocycles. The van der Waals surface area contributed by atoms with Crippen LogP contribution < -0.4 is 0 Å². The lowest BCUT2D eigenvalue weighted by Gasteiger charge is -2.56. The number of ether oxygens (including phenoxy) is 2. The number of rotatable bonds is 12. The summed E-state index contributed by atoms with van der Waals surface area (Å²) in [5.74, 6) is -7.31. The van der Waals surface area contributed by atoms with E-state index >= 15 is 0 Å². The van der Waals surface area contributed by atoms with Crippen molar-refractivity contribution in [3.05, 3.63) is 0 Å². The SMILES string of the molecule is CCC(F)(OC(F)(F)C(F)(F)S(=O)(=O)O)C(F)(F)CCCOCC12CC3CC(CC(C3)C1)C2. The van der Waals surface area contributed by atoms with Crippen molar-refractivity contribution in [2.75, 3.05) is 13.2 Å². The van der Waals surface area contributed by atoms with Gasteiger partial charge in [-0.15, -0.1) is 0 Å². The lowest BCUT2D eigenvalue weighted by atomic mass is 9.50. The molecule has 0 amide bonds. The molecular weight excluding hydrogens is 485 g/mol. The summed E-state index contributed by atoms with van der Waals surface area (Å²) in [6.45, 7) is 0.805. The van der Waals surface area contributed by atoms with Gasteiger partial charge in [0.15, 0.2) is 0 Å². The van der Waals surface area contributed by atoms with Gasteiger partial charge in [0.2, 0.25) is 0 Å². The van der Waals surface area contributed by atoms with E-state index < -0.39 is 52.5 Å². The molecule has 0 heterocycles. The number of hydrogen-bond acceptors (Lipinski definition) is 4. The van der Waals surface area contributed by atoms with Gasteiger partial charge in [0, 0.05) is 19.4 Å². The Hall–Kier alpha value is -0.660. The third-order valence-electron chi connectivity index (χ3n) is 7.31. The molecule has 4 fully saturated rings. The second-order valence-corrected chi connectivity index (χ2v) is 11.4. The minimum Gasteiger partial charge on any atom is -0.381 e. The summed E-state index contributed by atoms with van der Waals surface area (Å²) in [5.41, 5.74) is 0.0110. The molecule has 4 aliphatic carbocycles. The first kappa shape index (κ1) is 26.9. The Morgan fingerprint density at radius 1 is 0.939 bits per heavy atom. The summed E-state index contributed by atoms with van der Waals surface area (Å²) in [6, 6.07) is 0. The van der Waals surface area contributed by atoms with Gasteiger partial charge in [0.25, 0.3) is 5.85 Å². The van der Waals surface area contributed by atoms with Crippen LogP contribution in [0.3, 0.4) is 0 Å². The van der Waals surface area contributed by atoms with Gasteiger partial charge in [-0.25, -0.2) is 13.2 Å². The van der Waals surface area contributed by atoms with Crippen molar-refractivity contribution >= 4 is 10.1 Å². The van der Waals surface area contributed by atoms with Crippen molar-refractivity contribution in [1.82, 2.24) is 0 Å². The molecule has 5 nitrogen and oxygen atoms in total. The van der Waals surface area contributed by atoms with E-state index in [-0.39, 0.29) is 12.0 Å². The third kappa shape index (κ3) is 5.16. The van der Waals surface area contributed by atoms with Crippen LogP contribution >= 0.6 is 0 Å². The second-order valence-electron chi connectivity index (χ2n) is 9.97. The minimum atomic E-state index is -6.77. The molecule has 1 unspecified atom stereocenters. The van der Waals surface area contributed by atoms with E-state index in [1.165, 1.54) is 19.3 Å². The number of alkyl halides is 7. The Balaban J connectivity index is 1.54. The standard InChI is InChI=1S/C20H29F7O5S/c1-2-18(23,32-19(24,25)20(26,27)33(28,29)30)17(21,22)4-3-5-31-12-16-9-13-6-14(10-16)8-15(7-13)11-16/h13-15H,2-12H2,1H3,(H,28,29,30). The Kier molecular flexibility index (Phi) is 7.16. The molecule has 4 rings (SSSR count). The van der Waals surface area contributed by atoms with E-state index in [9.17, 15) is 39.2 Å². The Morgan fingerprint density at radius 2 is 1.42 bits per heavy atom. The molecule has 4 aliphatic rings. The molecule has 4 bridgehead atoms. The predicted molar refractivity (Wildman–Crippen MR) is 102 cm³/mol. The van der Waals surface area contributed by atoms with Gasteiger partial charge >= 0.3 is 27.4 Å². The molecule has 33 heavy (non-hydrogen) atoms. The quantitative estimate of drug-likeness (QED) is 0.202. The summed E-state index contributed by atoms with van der Waals surface area (Å²) in [5, 5.41) is -6.33.